The largest absolute Gasteiger partial charge is 0.442 e. The van der Waals surface area contributed by atoms with Gasteiger partial charge in [0.05, 0.1) is 37.4 Å². The van der Waals surface area contributed by atoms with Gasteiger partial charge in [0.25, 0.3) is 0 Å². The van der Waals surface area contributed by atoms with Crippen LogP contribution in [0.5, 0.6) is 0 Å². The number of amides is 1. The Morgan fingerprint density at radius 1 is 1.21 bits per heavy atom. The fraction of sp³-hybridized carbons (Fsp3) is 0.450. The van der Waals surface area contributed by atoms with Gasteiger partial charge >= 0.3 is 6.09 Å². The van der Waals surface area contributed by atoms with Crippen molar-refractivity contribution in [2.24, 2.45) is 0 Å². The van der Waals surface area contributed by atoms with Crippen molar-refractivity contribution in [2.45, 2.75) is 32.5 Å². The molecule has 3 aliphatic heterocycles. The van der Waals surface area contributed by atoms with Crippen molar-refractivity contribution in [3.63, 3.8) is 0 Å². The molecule has 9 nitrogen and oxygen atoms in total. The van der Waals surface area contributed by atoms with Crippen molar-refractivity contribution >= 4 is 17.7 Å². The number of carbonyl (C=O) groups excluding carboxylic acids is 1. The van der Waals surface area contributed by atoms with Gasteiger partial charge in [0.15, 0.2) is 0 Å². The van der Waals surface area contributed by atoms with Crippen LogP contribution in [0, 0.1) is 18.3 Å². The van der Waals surface area contributed by atoms with Crippen LogP contribution in [0.1, 0.15) is 29.1 Å². The third-order valence-corrected chi connectivity index (χ3v) is 5.60. The third-order valence-electron chi connectivity index (χ3n) is 5.60. The molecule has 148 valence electrons. The number of nitrogens with zero attached hydrogens (tertiary/aromatic N) is 7. The fourth-order valence-corrected chi connectivity index (χ4v) is 3.83. The van der Waals surface area contributed by atoms with Gasteiger partial charge in [-0.15, -0.1) is 0 Å². The lowest BCUT2D eigenvalue weighted by molar-refractivity contribution is 0.0488. The quantitative estimate of drug-likeness (QED) is 0.778. The molecule has 1 amide bonds. The summed E-state index contributed by atoms with van der Waals surface area (Å²) in [5.74, 6) is 2.50. The molecule has 0 atom stereocenters. The zero-order valence-corrected chi connectivity index (χ0v) is 16.2. The number of carbonyl (C=O) groups is 1. The normalized spacial score (nSPS) is 18.0. The van der Waals surface area contributed by atoms with Gasteiger partial charge in [0.2, 0.25) is 0 Å². The average molecular weight is 391 g/mol. The van der Waals surface area contributed by atoms with E-state index in [0.29, 0.717) is 31.7 Å². The Labute approximate surface area is 168 Å². The van der Waals surface area contributed by atoms with Gasteiger partial charge in [-0.05, 0) is 25.5 Å². The molecule has 0 radical (unpaired) electrons. The van der Waals surface area contributed by atoms with E-state index in [0.717, 1.165) is 41.8 Å². The third kappa shape index (κ3) is 3.20. The van der Waals surface area contributed by atoms with E-state index in [1.165, 1.54) is 6.42 Å². The lowest BCUT2D eigenvalue weighted by atomic mass is 10.1. The van der Waals surface area contributed by atoms with E-state index in [1.807, 2.05) is 17.9 Å². The first kappa shape index (κ1) is 17.7. The Bertz CT molecular complexity index is 991. The molecular formula is C20H21N7O2. The number of aromatic nitrogens is 3. The molecule has 0 unspecified atom stereocenters. The van der Waals surface area contributed by atoms with Gasteiger partial charge in [-0.3, -0.25) is 4.90 Å². The number of aryl methyl sites for hydroxylation is 1. The molecular weight excluding hydrogens is 370 g/mol. The van der Waals surface area contributed by atoms with E-state index in [1.54, 1.807) is 17.2 Å². The molecule has 5 heterocycles. The maximum atomic E-state index is 12.7. The summed E-state index contributed by atoms with van der Waals surface area (Å²) in [7, 11) is 0. The van der Waals surface area contributed by atoms with Gasteiger partial charge in [-0.25, -0.2) is 19.7 Å². The van der Waals surface area contributed by atoms with Crippen LogP contribution in [0.4, 0.5) is 16.4 Å². The van der Waals surface area contributed by atoms with Crippen molar-refractivity contribution in [3.05, 3.63) is 41.0 Å². The van der Waals surface area contributed by atoms with Gasteiger partial charge in [0, 0.05) is 24.8 Å². The van der Waals surface area contributed by atoms with Crippen molar-refractivity contribution < 1.29 is 9.53 Å². The number of hydrogen-bond acceptors (Lipinski definition) is 8. The number of ether oxygens (including phenoxy) is 1. The minimum atomic E-state index is -0.312. The molecule has 0 aromatic carbocycles. The Hall–Kier alpha value is -3.41. The summed E-state index contributed by atoms with van der Waals surface area (Å²) in [4.78, 5) is 32.1. The van der Waals surface area contributed by atoms with Crippen molar-refractivity contribution in [1.29, 1.82) is 5.26 Å². The first-order valence-electron chi connectivity index (χ1n) is 9.78. The number of nitriles is 1. The Balaban J connectivity index is 1.19. The van der Waals surface area contributed by atoms with E-state index in [-0.39, 0.29) is 12.2 Å². The van der Waals surface area contributed by atoms with Crippen LogP contribution in [0.2, 0.25) is 0 Å². The smallest absolute Gasteiger partial charge is 0.410 e. The molecule has 0 aliphatic carbocycles. The Morgan fingerprint density at radius 3 is 2.69 bits per heavy atom. The highest BCUT2D eigenvalue weighted by Gasteiger charge is 2.36. The predicted octanol–water partition coefficient (Wildman–Crippen LogP) is 1.60. The van der Waals surface area contributed by atoms with Crippen LogP contribution >= 0.6 is 0 Å². The van der Waals surface area contributed by atoms with E-state index >= 15 is 0 Å². The average Bonchev–Trinajstić information content (AvgIpc) is 3.07. The second-order valence-corrected chi connectivity index (χ2v) is 7.64. The SMILES string of the molecule is Cc1nc2c(c(N3CCC3)n1)CN(C(=O)OC1CN(c3ccc(C#N)cn3)C1)C2. The van der Waals surface area contributed by atoms with Crippen molar-refractivity contribution in [2.75, 3.05) is 36.0 Å². The maximum absolute atomic E-state index is 12.7. The van der Waals surface area contributed by atoms with Crippen LogP contribution < -0.4 is 9.80 Å². The van der Waals surface area contributed by atoms with Gasteiger partial charge in [-0.1, -0.05) is 0 Å². The van der Waals surface area contributed by atoms with Crippen LogP contribution in [-0.4, -0.2) is 58.2 Å². The van der Waals surface area contributed by atoms with E-state index in [2.05, 4.69) is 25.9 Å². The standard InChI is InChI=1S/C20H21N7O2/c1-13-23-17-12-27(11-16(17)19(24-13)25-5-2-6-25)20(28)29-15-9-26(10-15)18-4-3-14(7-21)8-22-18/h3-4,8,15H,2,5-6,9-12H2,1H3. The first-order chi connectivity index (χ1) is 14.1. The van der Waals surface area contributed by atoms with E-state index < -0.39 is 0 Å². The molecule has 2 fully saturated rings. The molecule has 0 bridgehead atoms. The second kappa shape index (κ2) is 6.88. The van der Waals surface area contributed by atoms with Gasteiger partial charge < -0.3 is 14.5 Å². The zero-order valence-electron chi connectivity index (χ0n) is 16.2. The highest BCUT2D eigenvalue weighted by Crippen LogP contribution is 2.32. The summed E-state index contributed by atoms with van der Waals surface area (Å²) in [5.41, 5.74) is 2.50. The molecule has 3 aliphatic rings. The molecule has 2 aromatic rings. The number of hydrogen-bond donors (Lipinski definition) is 0. The van der Waals surface area contributed by atoms with Crippen LogP contribution in [0.25, 0.3) is 0 Å². The number of rotatable bonds is 3. The summed E-state index contributed by atoms with van der Waals surface area (Å²) in [6, 6.07) is 5.61. The van der Waals surface area contributed by atoms with Gasteiger partial charge in [-0.2, -0.15) is 5.26 Å². The Kier molecular flexibility index (Phi) is 4.19. The summed E-state index contributed by atoms with van der Waals surface area (Å²) < 4.78 is 5.67. The molecule has 29 heavy (non-hydrogen) atoms. The number of fused-ring (bicyclic) bond motifs is 1. The lowest BCUT2D eigenvalue weighted by Crippen LogP contribution is -2.54. The monoisotopic (exact) mass is 391 g/mol. The lowest BCUT2D eigenvalue weighted by Gasteiger charge is -2.39. The molecule has 0 spiro atoms. The number of anilines is 2. The topological polar surface area (TPSA) is 98.5 Å². The second-order valence-electron chi connectivity index (χ2n) is 7.64. The summed E-state index contributed by atoms with van der Waals surface area (Å²) in [6.45, 7) is 6.07. The van der Waals surface area contributed by atoms with E-state index in [9.17, 15) is 4.79 Å². The molecule has 9 heteroatoms. The molecule has 0 saturated carbocycles. The van der Waals surface area contributed by atoms with Crippen LogP contribution in [0.15, 0.2) is 18.3 Å². The first-order valence-corrected chi connectivity index (χ1v) is 9.78. The minimum absolute atomic E-state index is 0.161. The van der Waals surface area contributed by atoms with Crippen LogP contribution in [-0.2, 0) is 17.8 Å². The molecule has 2 aromatic heterocycles. The Morgan fingerprint density at radius 2 is 2.03 bits per heavy atom. The van der Waals surface area contributed by atoms with Gasteiger partial charge in [0.1, 0.15) is 29.6 Å². The van der Waals surface area contributed by atoms with E-state index in [4.69, 9.17) is 10.00 Å². The van der Waals surface area contributed by atoms with Crippen molar-refractivity contribution in [3.8, 4) is 6.07 Å². The van der Waals surface area contributed by atoms with Crippen LogP contribution in [0.3, 0.4) is 0 Å². The fourth-order valence-electron chi connectivity index (χ4n) is 3.83. The maximum Gasteiger partial charge on any atom is 0.410 e. The summed E-state index contributed by atoms with van der Waals surface area (Å²) in [6.07, 6.45) is 2.25. The van der Waals surface area contributed by atoms with Crippen molar-refractivity contribution in [1.82, 2.24) is 19.9 Å². The summed E-state index contributed by atoms with van der Waals surface area (Å²) >= 11 is 0. The molecule has 0 N–H and O–H groups in total. The summed E-state index contributed by atoms with van der Waals surface area (Å²) in [5, 5.41) is 8.85. The number of pyridine rings is 1. The minimum Gasteiger partial charge on any atom is -0.442 e. The molecule has 5 rings (SSSR count). The predicted molar refractivity (Wildman–Crippen MR) is 104 cm³/mol. The highest BCUT2D eigenvalue weighted by atomic mass is 16.6. The highest BCUT2D eigenvalue weighted by molar-refractivity contribution is 5.70. The molecule has 2 saturated heterocycles. The zero-order chi connectivity index (χ0) is 20.0.